The minimum absolute atomic E-state index is 0.107. The Bertz CT molecular complexity index is 2800. The first kappa shape index (κ1) is 55.1. The lowest BCUT2D eigenvalue weighted by molar-refractivity contribution is -0.120. The summed E-state index contributed by atoms with van der Waals surface area (Å²) in [5.41, 5.74) is 1.85. The summed E-state index contributed by atoms with van der Waals surface area (Å²) in [7, 11) is -7.17. The molecular weight excluding hydrogens is 1040 g/mol. The Balaban J connectivity index is 1.58. The van der Waals surface area contributed by atoms with Gasteiger partial charge in [0.25, 0.3) is 0 Å². The number of carbonyl (C=O) groups is 2. The van der Waals surface area contributed by atoms with Gasteiger partial charge in [-0.2, -0.15) is 0 Å². The molecule has 5 rings (SSSR count). The van der Waals surface area contributed by atoms with E-state index >= 15 is 0 Å². The number of benzene rings is 5. The van der Waals surface area contributed by atoms with Gasteiger partial charge in [0.2, 0.25) is 20.0 Å². The molecule has 20 heteroatoms. The lowest BCUT2D eigenvalue weighted by Crippen LogP contribution is -2.32. The van der Waals surface area contributed by atoms with Crippen LogP contribution in [0.4, 0.5) is 0 Å². The van der Waals surface area contributed by atoms with E-state index in [4.69, 9.17) is 88.6 Å². The number of sulfonamides is 2. The van der Waals surface area contributed by atoms with Crippen molar-refractivity contribution in [3.63, 3.8) is 0 Å². The van der Waals surface area contributed by atoms with Crippen molar-refractivity contribution in [3.05, 3.63) is 150 Å². The molecule has 0 heterocycles. The zero-order valence-corrected chi connectivity index (χ0v) is 43.6. The number of ether oxygens (including phenoxy) is 4. The van der Waals surface area contributed by atoms with Crippen LogP contribution in [0.5, 0.6) is 23.0 Å². The molecule has 0 saturated carbocycles. The van der Waals surface area contributed by atoms with E-state index in [1.54, 1.807) is 54.6 Å². The highest BCUT2D eigenvalue weighted by molar-refractivity contribution is 7.89. The number of hydrogen-bond acceptors (Lipinski definition) is 10. The van der Waals surface area contributed by atoms with Crippen molar-refractivity contribution in [1.29, 1.82) is 0 Å². The summed E-state index contributed by atoms with van der Waals surface area (Å²) in [5.74, 6) is 0.673. The predicted octanol–water partition coefficient (Wildman–Crippen LogP) is 10.6. The van der Waals surface area contributed by atoms with Gasteiger partial charge >= 0.3 is 0 Å². The summed E-state index contributed by atoms with van der Waals surface area (Å²) in [6.07, 6.45) is 3.25. The third-order valence-corrected chi connectivity index (χ3v) is 14.3. The molecule has 0 aliphatic rings. The minimum Gasteiger partial charge on any atom is -0.490 e. The SMILES string of the molecule is CC(CCC(C)(c1cccc(OCC(=O)CNS(C)(=O)=O)c1)c1ccc(Cl)c(OCCCCl)c1Cl)(c1ccc(OCC(=O)CNS(C)(=O)=O)cc1)c1cc(Cl)c(OCc2ccccc2Cl)c(Cl)c1. The third kappa shape index (κ3) is 15.3. The first-order valence-corrected chi connectivity index (χ1v) is 27.2. The van der Waals surface area contributed by atoms with Crippen molar-refractivity contribution < 1.29 is 45.4 Å². The smallest absolute Gasteiger partial charge is 0.209 e. The molecule has 2 unspecified atom stereocenters. The van der Waals surface area contributed by atoms with Crippen molar-refractivity contribution >= 4 is 101 Å². The van der Waals surface area contributed by atoms with E-state index < -0.39 is 62.1 Å². The van der Waals surface area contributed by atoms with Gasteiger partial charge in [-0.15, -0.1) is 11.6 Å². The van der Waals surface area contributed by atoms with Gasteiger partial charge in [0.1, 0.15) is 31.3 Å². The molecule has 0 amide bonds. The number of rotatable bonds is 26. The molecule has 5 aromatic rings. The Labute approximate surface area is 427 Å². The maximum atomic E-state index is 12.6. The van der Waals surface area contributed by atoms with Crippen LogP contribution in [0.3, 0.4) is 0 Å². The lowest BCUT2D eigenvalue weighted by Gasteiger charge is -2.38. The molecule has 0 bridgehead atoms. The highest BCUT2D eigenvalue weighted by atomic mass is 35.5. The monoisotopic (exact) mass is 1090 g/mol. The summed E-state index contributed by atoms with van der Waals surface area (Å²) in [4.78, 5) is 25.0. The summed E-state index contributed by atoms with van der Waals surface area (Å²) < 4.78 is 74.5. The van der Waals surface area contributed by atoms with Gasteiger partial charge in [-0.1, -0.05) is 120 Å². The fourth-order valence-corrected chi connectivity index (χ4v) is 9.62. The van der Waals surface area contributed by atoms with Gasteiger partial charge in [-0.3, -0.25) is 9.59 Å². The highest BCUT2D eigenvalue weighted by Gasteiger charge is 2.38. The van der Waals surface area contributed by atoms with Crippen molar-refractivity contribution in [3.8, 4) is 23.0 Å². The number of alkyl halides is 1. The van der Waals surface area contributed by atoms with E-state index in [9.17, 15) is 26.4 Å². The molecular formula is C48H50Cl6N2O10S2. The number of hydrogen-bond donors (Lipinski definition) is 2. The zero-order valence-electron chi connectivity index (χ0n) is 37.5. The number of Topliss-reactive ketones (excluding diaryl/α,β-unsaturated/α-hetero) is 2. The van der Waals surface area contributed by atoms with Crippen LogP contribution in [-0.2, 0) is 47.1 Å². The van der Waals surface area contributed by atoms with Crippen LogP contribution in [0.1, 0.15) is 60.9 Å². The highest BCUT2D eigenvalue weighted by Crippen LogP contribution is 2.50. The van der Waals surface area contributed by atoms with Crippen molar-refractivity contribution in [1.82, 2.24) is 9.44 Å². The van der Waals surface area contributed by atoms with E-state index in [0.717, 1.165) is 34.8 Å². The number of carbonyl (C=O) groups excluding carboxylic acids is 2. The maximum absolute atomic E-state index is 12.6. The maximum Gasteiger partial charge on any atom is 0.209 e. The average molecular weight is 1090 g/mol. The molecule has 2 N–H and O–H groups in total. The largest absolute Gasteiger partial charge is 0.490 e. The van der Waals surface area contributed by atoms with Gasteiger partial charge in [-0.25, -0.2) is 26.3 Å². The van der Waals surface area contributed by atoms with Crippen molar-refractivity contribution in [2.24, 2.45) is 0 Å². The molecule has 366 valence electrons. The minimum atomic E-state index is -3.60. The first-order valence-electron chi connectivity index (χ1n) is 21.0. The second-order valence-corrected chi connectivity index (χ2v) is 22.4. The number of halogens is 6. The van der Waals surface area contributed by atoms with Gasteiger partial charge in [-0.05, 0) is 90.0 Å². The van der Waals surface area contributed by atoms with E-state index in [-0.39, 0.29) is 46.4 Å². The molecule has 0 saturated heterocycles. The molecule has 0 radical (unpaired) electrons. The van der Waals surface area contributed by atoms with Crippen LogP contribution >= 0.6 is 69.6 Å². The standard InChI is InChI=1S/C48H50Cl6N2O10S2/c1-47(32-13-15-37(16-14-32)64-29-35(57)26-55-67(3,59)60,34-24-42(52)45(43(53)25-34)66-28-31-9-5-6-12-40(31)50)19-20-48(2,39-17-18-41(51)46(44(39)54)63-22-8-21-49)33-10-7-11-38(23-33)65-30-36(58)27-56-68(4,61)62/h5-7,9-18,23-25,55-56H,8,19-22,26-30H2,1-4H3. The normalized spacial score (nSPS) is 13.6. The molecule has 0 fully saturated rings. The van der Waals surface area contributed by atoms with E-state index in [1.807, 2.05) is 56.3 Å². The Morgan fingerprint density at radius 3 is 1.75 bits per heavy atom. The molecule has 5 aromatic carbocycles. The summed E-state index contributed by atoms with van der Waals surface area (Å²) in [6.45, 7) is 2.81. The Morgan fingerprint density at radius 1 is 0.574 bits per heavy atom. The van der Waals surface area contributed by atoms with Gasteiger partial charge < -0.3 is 18.9 Å². The third-order valence-electron chi connectivity index (χ3n) is 11.1. The van der Waals surface area contributed by atoms with Gasteiger partial charge in [0.15, 0.2) is 23.1 Å². The molecule has 0 aromatic heterocycles. The van der Waals surface area contributed by atoms with Gasteiger partial charge in [0.05, 0.1) is 52.3 Å². The van der Waals surface area contributed by atoms with Crippen LogP contribution in [0, 0.1) is 0 Å². The van der Waals surface area contributed by atoms with E-state index in [0.29, 0.717) is 52.3 Å². The Kier molecular flexibility index (Phi) is 19.7. The second kappa shape index (κ2) is 24.4. The van der Waals surface area contributed by atoms with Crippen LogP contribution < -0.4 is 28.4 Å². The fourth-order valence-electron chi connectivity index (χ4n) is 7.19. The molecule has 12 nitrogen and oxygen atoms in total. The fraction of sp³-hybridized carbons (Fsp3) is 0.333. The molecule has 0 aliphatic heterocycles. The molecule has 68 heavy (non-hydrogen) atoms. The zero-order chi connectivity index (χ0) is 49.9. The van der Waals surface area contributed by atoms with Gasteiger partial charge in [0, 0.05) is 27.3 Å². The quantitative estimate of drug-likeness (QED) is 0.0402. The number of nitrogens with one attached hydrogen (secondary N) is 2. The Morgan fingerprint density at radius 2 is 1.16 bits per heavy atom. The first-order chi connectivity index (χ1) is 32.0. The molecule has 0 aliphatic carbocycles. The summed E-state index contributed by atoms with van der Waals surface area (Å²) in [6, 6.07) is 28.7. The van der Waals surface area contributed by atoms with Crippen LogP contribution in [0.15, 0.2) is 97.1 Å². The van der Waals surface area contributed by atoms with Crippen LogP contribution in [-0.4, -0.2) is 79.7 Å². The summed E-state index contributed by atoms with van der Waals surface area (Å²) in [5, 5.41) is 1.60. The van der Waals surface area contributed by atoms with E-state index in [2.05, 4.69) is 9.44 Å². The Hall–Kier alpha value is -3.80. The molecule has 0 spiro atoms. The lowest BCUT2D eigenvalue weighted by atomic mass is 9.66. The predicted molar refractivity (Wildman–Crippen MR) is 271 cm³/mol. The number of ketones is 2. The topological polar surface area (TPSA) is 163 Å². The van der Waals surface area contributed by atoms with Crippen LogP contribution in [0.25, 0.3) is 0 Å². The van der Waals surface area contributed by atoms with E-state index in [1.165, 1.54) is 0 Å². The van der Waals surface area contributed by atoms with Crippen molar-refractivity contribution in [2.45, 2.75) is 50.5 Å². The average Bonchev–Trinajstić information content (AvgIpc) is 3.29. The second-order valence-electron chi connectivity index (χ2n) is 16.3. The summed E-state index contributed by atoms with van der Waals surface area (Å²) >= 11 is 40.4. The van der Waals surface area contributed by atoms with Crippen molar-refractivity contribution in [2.75, 3.05) is 51.3 Å². The molecule has 2 atom stereocenters. The van der Waals surface area contributed by atoms with Crippen LogP contribution in [0.2, 0.25) is 25.1 Å².